The summed E-state index contributed by atoms with van der Waals surface area (Å²) in [7, 11) is 1.50. The predicted octanol–water partition coefficient (Wildman–Crippen LogP) is 3.54. The Labute approximate surface area is 150 Å². The molecule has 25 heavy (non-hydrogen) atoms. The molecule has 2 rings (SSSR count). The van der Waals surface area contributed by atoms with Gasteiger partial charge in [-0.2, -0.15) is 0 Å². The van der Waals surface area contributed by atoms with Crippen LogP contribution in [0, 0.1) is 0 Å². The molecule has 0 spiro atoms. The van der Waals surface area contributed by atoms with Gasteiger partial charge in [-0.15, -0.1) is 0 Å². The summed E-state index contributed by atoms with van der Waals surface area (Å²) >= 11 is 5.99. The van der Waals surface area contributed by atoms with E-state index in [1.54, 1.807) is 42.5 Å². The first-order valence-corrected chi connectivity index (χ1v) is 7.95. The summed E-state index contributed by atoms with van der Waals surface area (Å²) in [6.45, 7) is 1.81. The van der Waals surface area contributed by atoms with E-state index in [-0.39, 0.29) is 5.56 Å². The van der Waals surface area contributed by atoms with Crippen LogP contribution in [0.5, 0.6) is 11.5 Å². The molecule has 0 saturated carbocycles. The Morgan fingerprint density at radius 1 is 1.12 bits per heavy atom. The molecule has 0 bridgehead atoms. The van der Waals surface area contributed by atoms with Crippen molar-refractivity contribution in [1.29, 1.82) is 0 Å². The van der Waals surface area contributed by atoms with Gasteiger partial charge >= 0.3 is 5.97 Å². The number of halogens is 1. The molecule has 7 heteroatoms. The number of para-hydroxylation sites is 1. The fraction of sp³-hybridized carbons (Fsp3) is 0.222. The van der Waals surface area contributed by atoms with Crippen molar-refractivity contribution in [2.45, 2.75) is 6.92 Å². The number of benzene rings is 2. The van der Waals surface area contributed by atoms with Crippen molar-refractivity contribution in [2.24, 2.45) is 0 Å². The Balaban J connectivity index is 1.93. The average Bonchev–Trinajstić information content (AvgIpc) is 2.60. The number of carbonyl (C=O) groups excluding carboxylic acids is 2. The fourth-order valence-corrected chi connectivity index (χ4v) is 2.32. The van der Waals surface area contributed by atoms with E-state index in [0.717, 1.165) is 0 Å². The number of carbonyl (C=O) groups is 2. The monoisotopic (exact) mass is 363 g/mol. The highest BCUT2D eigenvalue weighted by atomic mass is 35.5. The third-order valence-corrected chi connectivity index (χ3v) is 3.47. The van der Waals surface area contributed by atoms with Crippen molar-refractivity contribution < 1.29 is 23.8 Å². The lowest BCUT2D eigenvalue weighted by Gasteiger charge is -2.10. The molecule has 1 N–H and O–H groups in total. The molecule has 0 atom stereocenters. The van der Waals surface area contributed by atoms with Gasteiger partial charge in [-0.25, -0.2) is 4.79 Å². The topological polar surface area (TPSA) is 73.9 Å². The number of nitrogens with one attached hydrogen (secondary N) is 1. The first-order valence-electron chi connectivity index (χ1n) is 7.57. The molecule has 6 nitrogen and oxygen atoms in total. The summed E-state index contributed by atoms with van der Waals surface area (Å²) in [5.74, 6) is -0.202. The second kappa shape index (κ2) is 8.94. The van der Waals surface area contributed by atoms with Crippen LogP contribution < -0.4 is 14.8 Å². The second-order valence-corrected chi connectivity index (χ2v) is 5.31. The fourth-order valence-electron chi connectivity index (χ4n) is 2.07. The zero-order valence-corrected chi connectivity index (χ0v) is 14.6. The van der Waals surface area contributed by atoms with E-state index in [2.05, 4.69) is 5.32 Å². The first kappa shape index (κ1) is 18.6. The van der Waals surface area contributed by atoms with Crippen LogP contribution >= 0.6 is 11.6 Å². The summed E-state index contributed by atoms with van der Waals surface area (Å²) in [4.78, 5) is 24.0. The Morgan fingerprint density at radius 2 is 1.88 bits per heavy atom. The summed E-state index contributed by atoms with van der Waals surface area (Å²) < 4.78 is 15.4. The summed E-state index contributed by atoms with van der Waals surface area (Å²) in [6, 6.07) is 11.5. The van der Waals surface area contributed by atoms with Gasteiger partial charge in [0, 0.05) is 5.69 Å². The molecule has 0 heterocycles. The van der Waals surface area contributed by atoms with Crippen LogP contribution in [-0.2, 0) is 9.53 Å². The quantitative estimate of drug-likeness (QED) is 0.761. The van der Waals surface area contributed by atoms with E-state index in [9.17, 15) is 9.59 Å². The summed E-state index contributed by atoms with van der Waals surface area (Å²) in [5, 5.41) is 2.96. The Hall–Kier alpha value is -2.73. The van der Waals surface area contributed by atoms with Crippen molar-refractivity contribution in [3.63, 3.8) is 0 Å². The van der Waals surface area contributed by atoms with Gasteiger partial charge < -0.3 is 19.5 Å². The number of hydrogen-bond acceptors (Lipinski definition) is 5. The van der Waals surface area contributed by atoms with Crippen LogP contribution in [0.3, 0.4) is 0 Å². The first-order chi connectivity index (χ1) is 12.0. The van der Waals surface area contributed by atoms with Crippen molar-refractivity contribution in [3.8, 4) is 11.5 Å². The summed E-state index contributed by atoms with van der Waals surface area (Å²) in [6.07, 6.45) is 0. The molecule has 132 valence electrons. The highest BCUT2D eigenvalue weighted by Crippen LogP contribution is 2.27. The number of hydrogen-bond donors (Lipinski definition) is 1. The van der Waals surface area contributed by atoms with Crippen molar-refractivity contribution in [3.05, 3.63) is 53.1 Å². The highest BCUT2D eigenvalue weighted by molar-refractivity contribution is 6.32. The maximum absolute atomic E-state index is 12.1. The minimum Gasteiger partial charge on any atom is -0.495 e. The van der Waals surface area contributed by atoms with Crippen molar-refractivity contribution in [1.82, 2.24) is 0 Å². The van der Waals surface area contributed by atoms with Crippen molar-refractivity contribution in [2.75, 3.05) is 25.6 Å². The SMILES string of the molecule is CCOc1ccccc1C(=O)OCC(=O)Nc1ccc(OC)c(Cl)c1. The molecular formula is C18H18ClNO5. The van der Waals surface area contributed by atoms with Gasteiger partial charge in [-0.05, 0) is 37.3 Å². The smallest absolute Gasteiger partial charge is 0.342 e. The van der Waals surface area contributed by atoms with E-state index in [1.807, 2.05) is 6.92 Å². The van der Waals surface area contributed by atoms with Gasteiger partial charge in [0.05, 0.1) is 18.7 Å². The average molecular weight is 364 g/mol. The molecule has 1 amide bonds. The number of amides is 1. The number of anilines is 1. The molecule has 2 aromatic carbocycles. The maximum Gasteiger partial charge on any atom is 0.342 e. The second-order valence-electron chi connectivity index (χ2n) is 4.90. The number of esters is 1. The van der Waals surface area contributed by atoms with Gasteiger partial charge in [-0.1, -0.05) is 23.7 Å². The number of rotatable bonds is 7. The van der Waals surface area contributed by atoms with E-state index in [1.165, 1.54) is 7.11 Å². The largest absolute Gasteiger partial charge is 0.495 e. The van der Waals surface area contributed by atoms with E-state index in [4.69, 9.17) is 25.8 Å². The van der Waals surface area contributed by atoms with Crippen LogP contribution in [0.1, 0.15) is 17.3 Å². The van der Waals surface area contributed by atoms with Gasteiger partial charge in [-0.3, -0.25) is 4.79 Å². The molecule has 0 aliphatic rings. The molecule has 0 fully saturated rings. The Morgan fingerprint density at radius 3 is 2.56 bits per heavy atom. The van der Waals surface area contributed by atoms with Gasteiger partial charge in [0.1, 0.15) is 17.1 Å². The minimum atomic E-state index is -0.632. The Kier molecular flexibility index (Phi) is 6.65. The van der Waals surface area contributed by atoms with Crippen LogP contribution in [0.25, 0.3) is 0 Å². The number of methoxy groups -OCH3 is 1. The van der Waals surface area contributed by atoms with Gasteiger partial charge in [0.2, 0.25) is 0 Å². The lowest BCUT2D eigenvalue weighted by molar-refractivity contribution is -0.119. The third kappa shape index (κ3) is 5.12. The van der Waals surface area contributed by atoms with Crippen LogP contribution in [0.2, 0.25) is 5.02 Å². The van der Waals surface area contributed by atoms with Gasteiger partial charge in [0.15, 0.2) is 6.61 Å². The standard InChI is InChI=1S/C18H18ClNO5/c1-3-24-15-7-5-4-6-13(15)18(22)25-11-17(21)20-12-8-9-16(23-2)14(19)10-12/h4-10H,3,11H2,1-2H3,(H,20,21). The zero-order chi connectivity index (χ0) is 18.2. The van der Waals surface area contributed by atoms with Crippen LogP contribution in [0.4, 0.5) is 5.69 Å². The molecule has 0 radical (unpaired) electrons. The third-order valence-electron chi connectivity index (χ3n) is 3.18. The zero-order valence-electron chi connectivity index (χ0n) is 13.9. The maximum atomic E-state index is 12.1. The Bertz CT molecular complexity index is 763. The molecule has 2 aromatic rings. The lowest BCUT2D eigenvalue weighted by Crippen LogP contribution is -2.21. The molecule has 0 saturated heterocycles. The van der Waals surface area contributed by atoms with Crippen molar-refractivity contribution >= 4 is 29.2 Å². The van der Waals surface area contributed by atoms with Crippen LogP contribution in [-0.4, -0.2) is 32.2 Å². The van der Waals surface area contributed by atoms with Gasteiger partial charge in [0.25, 0.3) is 5.91 Å². The molecule has 0 aliphatic carbocycles. The highest BCUT2D eigenvalue weighted by Gasteiger charge is 2.15. The lowest BCUT2D eigenvalue weighted by atomic mass is 10.2. The van der Waals surface area contributed by atoms with E-state index >= 15 is 0 Å². The van der Waals surface area contributed by atoms with E-state index in [0.29, 0.717) is 28.8 Å². The number of ether oxygens (including phenoxy) is 3. The minimum absolute atomic E-state index is 0.268. The molecule has 0 aliphatic heterocycles. The molecular weight excluding hydrogens is 346 g/mol. The summed E-state index contributed by atoms with van der Waals surface area (Å²) in [5.41, 5.74) is 0.742. The molecule has 0 unspecified atom stereocenters. The predicted molar refractivity (Wildman–Crippen MR) is 94.5 cm³/mol. The van der Waals surface area contributed by atoms with E-state index < -0.39 is 18.5 Å². The normalized spacial score (nSPS) is 10.0. The molecule has 0 aromatic heterocycles. The van der Waals surface area contributed by atoms with Crippen LogP contribution in [0.15, 0.2) is 42.5 Å².